The maximum atomic E-state index is 7.62. The Morgan fingerprint density at radius 3 is 2.40 bits per heavy atom. The molecule has 4 heteroatoms. The smallest absolute Gasteiger partial charge is 0.0662 e. The van der Waals surface area contributed by atoms with E-state index < -0.39 is 0 Å². The van der Waals surface area contributed by atoms with Crippen LogP contribution in [0.3, 0.4) is 0 Å². The summed E-state index contributed by atoms with van der Waals surface area (Å²) >= 11 is 0. The number of nitrogens with two attached hydrogens (primary N) is 1. The molecule has 0 aromatic rings. The fraction of sp³-hybridized carbons (Fsp3) is 0.935. The van der Waals surface area contributed by atoms with Crippen LogP contribution in [-0.4, -0.2) is 42.7 Å². The summed E-state index contributed by atoms with van der Waals surface area (Å²) in [4.78, 5) is 0. The normalized spacial score (nSPS) is 39.1. The third-order valence-electron chi connectivity index (χ3n) is 10.8. The molecule has 3 fully saturated rings. The zero-order valence-corrected chi connectivity index (χ0v) is 23.6. The number of allylic oxidation sites excluding steroid dienone is 1. The van der Waals surface area contributed by atoms with Gasteiger partial charge in [-0.15, -0.1) is 0 Å². The van der Waals surface area contributed by atoms with Crippen molar-refractivity contribution in [1.29, 1.82) is 0 Å². The molecule has 0 aromatic carbocycles. The molecule has 0 aromatic heterocycles. The molecule has 4 nitrogen and oxygen atoms in total. The van der Waals surface area contributed by atoms with Crippen molar-refractivity contribution in [3.8, 4) is 0 Å². The van der Waals surface area contributed by atoms with E-state index >= 15 is 0 Å². The van der Waals surface area contributed by atoms with Gasteiger partial charge in [0.1, 0.15) is 0 Å². The first-order valence-electron chi connectivity index (χ1n) is 14.9. The average Bonchev–Trinajstić information content (AvgIpc) is 3.19. The third-order valence-corrected chi connectivity index (χ3v) is 10.8. The monoisotopic (exact) mass is 491 g/mol. The average molecular weight is 492 g/mol. The summed E-state index contributed by atoms with van der Waals surface area (Å²) in [6.07, 6.45) is 18.4. The topological polar surface area (TPSA) is 75.7 Å². The van der Waals surface area contributed by atoms with Crippen LogP contribution < -0.4 is 5.73 Å². The lowest BCUT2D eigenvalue weighted by Gasteiger charge is -2.58. The molecule has 3 saturated carbocycles. The van der Waals surface area contributed by atoms with Gasteiger partial charge in [0.05, 0.1) is 25.9 Å². The Hall–Kier alpha value is -0.420. The van der Waals surface area contributed by atoms with Crippen molar-refractivity contribution in [3.05, 3.63) is 11.6 Å². The van der Waals surface area contributed by atoms with Gasteiger partial charge in [0.2, 0.25) is 0 Å². The second-order valence-electron chi connectivity index (χ2n) is 13.3. The molecule has 4 rings (SSSR count). The number of hydrogen-bond donors (Lipinski definition) is 3. The van der Waals surface area contributed by atoms with Gasteiger partial charge in [-0.1, -0.05) is 65.5 Å². The van der Waals surface area contributed by atoms with E-state index in [-0.39, 0.29) is 13.2 Å². The number of fused-ring (bicyclic) bond motifs is 5. The third kappa shape index (κ3) is 6.36. The highest BCUT2D eigenvalue weighted by Crippen LogP contribution is 2.67. The van der Waals surface area contributed by atoms with E-state index in [1.165, 1.54) is 64.2 Å². The standard InChI is InChI=1S/C29H51NO.C2H6O2/c1-20(2)7-6-8-21(3)25-11-12-26-24-10-9-22-19-23(31-18-17-30)13-15-28(22,4)27(24)14-16-29(25,26)5;3-1-2-4/h9,20-21,23-27H,6-8,10-19,30H2,1-5H3;3-4H,1-2H2/t21-,23?,24+,25-,26+,27+,28+,29-;/m1./s1. The highest BCUT2D eigenvalue weighted by atomic mass is 16.5. The van der Waals surface area contributed by atoms with Crippen LogP contribution >= 0.6 is 0 Å². The predicted octanol–water partition coefficient (Wildman–Crippen LogP) is 6.34. The largest absolute Gasteiger partial charge is 0.394 e. The maximum Gasteiger partial charge on any atom is 0.0662 e. The van der Waals surface area contributed by atoms with Crippen LogP contribution in [0.25, 0.3) is 0 Å². The van der Waals surface area contributed by atoms with Crippen molar-refractivity contribution in [2.75, 3.05) is 26.4 Å². The first-order valence-corrected chi connectivity index (χ1v) is 14.9. The van der Waals surface area contributed by atoms with E-state index in [2.05, 4.69) is 40.7 Å². The Morgan fingerprint density at radius 2 is 1.74 bits per heavy atom. The number of aliphatic hydroxyl groups excluding tert-OH is 2. The molecule has 0 heterocycles. The minimum atomic E-state index is -0.125. The summed E-state index contributed by atoms with van der Waals surface area (Å²) in [5, 5.41) is 15.2. The van der Waals surface area contributed by atoms with E-state index in [0.717, 1.165) is 48.5 Å². The number of rotatable bonds is 9. The van der Waals surface area contributed by atoms with Crippen LogP contribution in [0.1, 0.15) is 105 Å². The summed E-state index contributed by atoms with van der Waals surface area (Å²) in [6, 6.07) is 0. The minimum Gasteiger partial charge on any atom is -0.394 e. The Balaban J connectivity index is 0.000000795. The van der Waals surface area contributed by atoms with Crippen molar-refractivity contribution >= 4 is 0 Å². The van der Waals surface area contributed by atoms with Crippen molar-refractivity contribution in [2.24, 2.45) is 52.1 Å². The molecule has 0 saturated heterocycles. The SMILES string of the molecule is CC(C)CCC[C@@H](C)[C@H]1CC[C@H]2[C@@H]3CC=C4CC(OCCN)CC[C@]4(C)[C@H]3CC[C@]12C.OCCO. The lowest BCUT2D eigenvalue weighted by atomic mass is 9.47. The molecule has 35 heavy (non-hydrogen) atoms. The van der Waals surface area contributed by atoms with Gasteiger partial charge >= 0.3 is 0 Å². The first kappa shape index (κ1) is 29.1. The van der Waals surface area contributed by atoms with Gasteiger partial charge in [0.25, 0.3) is 0 Å². The number of ether oxygens (including phenoxy) is 1. The minimum absolute atomic E-state index is 0.125. The second kappa shape index (κ2) is 12.9. The molecule has 0 spiro atoms. The molecule has 0 amide bonds. The summed E-state index contributed by atoms with van der Waals surface area (Å²) in [5.74, 6) is 5.53. The molecule has 0 radical (unpaired) electrons. The highest BCUT2D eigenvalue weighted by molar-refractivity contribution is 5.25. The molecular formula is C31H57NO3. The van der Waals surface area contributed by atoms with Crippen LogP contribution in [0.2, 0.25) is 0 Å². The van der Waals surface area contributed by atoms with Crippen LogP contribution in [0.15, 0.2) is 11.6 Å². The molecule has 0 aliphatic heterocycles. The summed E-state index contributed by atoms with van der Waals surface area (Å²) in [6.45, 7) is 13.8. The molecule has 4 aliphatic rings. The van der Waals surface area contributed by atoms with Gasteiger partial charge in [0.15, 0.2) is 0 Å². The summed E-state index contributed by atoms with van der Waals surface area (Å²) in [7, 11) is 0. The van der Waals surface area contributed by atoms with Gasteiger partial charge in [0, 0.05) is 6.54 Å². The van der Waals surface area contributed by atoms with E-state index in [1.54, 1.807) is 5.57 Å². The summed E-state index contributed by atoms with van der Waals surface area (Å²) in [5.41, 5.74) is 8.46. The lowest BCUT2D eigenvalue weighted by Crippen LogP contribution is -2.51. The highest BCUT2D eigenvalue weighted by Gasteiger charge is 2.59. The molecule has 8 atom stereocenters. The Kier molecular flexibility index (Phi) is 10.7. The second-order valence-corrected chi connectivity index (χ2v) is 13.3. The predicted molar refractivity (Wildman–Crippen MR) is 146 cm³/mol. The molecule has 0 bridgehead atoms. The molecule has 204 valence electrons. The van der Waals surface area contributed by atoms with Crippen LogP contribution in [0.4, 0.5) is 0 Å². The fourth-order valence-electron chi connectivity index (χ4n) is 9.03. The van der Waals surface area contributed by atoms with E-state index in [1.807, 2.05) is 0 Å². The van der Waals surface area contributed by atoms with Gasteiger partial charge in [-0.2, -0.15) is 0 Å². The van der Waals surface area contributed by atoms with E-state index in [0.29, 0.717) is 23.5 Å². The van der Waals surface area contributed by atoms with Crippen molar-refractivity contribution in [1.82, 2.24) is 0 Å². The summed E-state index contributed by atoms with van der Waals surface area (Å²) < 4.78 is 6.07. The van der Waals surface area contributed by atoms with E-state index in [9.17, 15) is 0 Å². The Labute approximate surface area is 216 Å². The molecular weight excluding hydrogens is 434 g/mol. The quantitative estimate of drug-likeness (QED) is 0.329. The van der Waals surface area contributed by atoms with Gasteiger partial charge in [-0.3, -0.25) is 0 Å². The number of aliphatic hydroxyl groups is 2. The van der Waals surface area contributed by atoms with Gasteiger partial charge < -0.3 is 20.7 Å². The van der Waals surface area contributed by atoms with Crippen molar-refractivity contribution in [3.63, 3.8) is 0 Å². The molecule has 4 aliphatic carbocycles. The molecule has 4 N–H and O–H groups in total. The van der Waals surface area contributed by atoms with Crippen LogP contribution in [-0.2, 0) is 4.74 Å². The molecule has 1 unspecified atom stereocenters. The zero-order valence-electron chi connectivity index (χ0n) is 23.6. The van der Waals surface area contributed by atoms with Crippen LogP contribution in [0, 0.1) is 46.3 Å². The Morgan fingerprint density at radius 1 is 1.00 bits per heavy atom. The van der Waals surface area contributed by atoms with E-state index in [4.69, 9.17) is 20.7 Å². The van der Waals surface area contributed by atoms with Gasteiger partial charge in [-0.05, 0) is 97.7 Å². The Bertz CT molecular complexity index is 676. The van der Waals surface area contributed by atoms with Gasteiger partial charge in [-0.25, -0.2) is 0 Å². The first-order chi connectivity index (χ1) is 16.7. The number of hydrogen-bond acceptors (Lipinski definition) is 4. The van der Waals surface area contributed by atoms with Crippen LogP contribution in [0.5, 0.6) is 0 Å². The lowest BCUT2D eigenvalue weighted by molar-refractivity contribution is -0.0634. The zero-order chi connectivity index (χ0) is 25.6. The maximum absolute atomic E-state index is 7.62. The van der Waals surface area contributed by atoms with Crippen molar-refractivity contribution in [2.45, 2.75) is 111 Å². The fourth-order valence-corrected chi connectivity index (χ4v) is 9.03. The van der Waals surface area contributed by atoms with Crippen molar-refractivity contribution < 1.29 is 14.9 Å².